The zero-order chi connectivity index (χ0) is 16.0. The van der Waals surface area contributed by atoms with E-state index in [1.165, 1.54) is 6.07 Å². The van der Waals surface area contributed by atoms with Crippen LogP contribution in [0.1, 0.15) is 27.2 Å². The molecule has 7 heteroatoms. The van der Waals surface area contributed by atoms with E-state index >= 15 is 0 Å². The molecule has 0 aliphatic heterocycles. The predicted molar refractivity (Wildman–Crippen MR) is 83.4 cm³/mol. The lowest BCUT2D eigenvalue weighted by Crippen LogP contribution is -2.37. The van der Waals surface area contributed by atoms with Gasteiger partial charge in [0.15, 0.2) is 0 Å². The minimum Gasteiger partial charge on any atom is -0.324 e. The normalized spacial score (nSPS) is 13.2. The molecule has 0 radical (unpaired) electrons. The fourth-order valence-electron chi connectivity index (χ4n) is 1.91. The van der Waals surface area contributed by atoms with Crippen molar-refractivity contribution in [1.82, 2.24) is 4.72 Å². The van der Waals surface area contributed by atoms with Crippen LogP contribution in [0, 0.1) is 5.92 Å². The molecule has 0 aromatic heterocycles. The van der Waals surface area contributed by atoms with E-state index in [0.29, 0.717) is 6.42 Å². The number of carbonyl (C=O) groups is 1. The zero-order valence-electron chi connectivity index (χ0n) is 12.6. The number of nitrogens with one attached hydrogen (secondary N) is 2. The summed E-state index contributed by atoms with van der Waals surface area (Å²) in [4.78, 5) is 12.1. The second kappa shape index (κ2) is 7.53. The van der Waals surface area contributed by atoms with Gasteiger partial charge in [0.1, 0.15) is 4.90 Å². The second-order valence-electron chi connectivity index (χ2n) is 5.22. The van der Waals surface area contributed by atoms with Crippen molar-refractivity contribution < 1.29 is 13.2 Å². The van der Waals surface area contributed by atoms with Crippen molar-refractivity contribution in [3.8, 4) is 0 Å². The molecule has 4 N–H and O–H groups in total. The molecule has 0 unspecified atom stereocenters. The number of para-hydroxylation sites is 1. The highest BCUT2D eigenvalue weighted by atomic mass is 32.2. The van der Waals surface area contributed by atoms with E-state index < -0.39 is 16.1 Å². The average Bonchev–Trinajstić information content (AvgIpc) is 2.38. The topological polar surface area (TPSA) is 101 Å². The number of benzene rings is 1. The van der Waals surface area contributed by atoms with E-state index in [9.17, 15) is 13.2 Å². The molecule has 21 heavy (non-hydrogen) atoms. The molecule has 1 amide bonds. The number of amides is 1. The molecule has 0 saturated carbocycles. The number of sulfonamides is 1. The van der Waals surface area contributed by atoms with Gasteiger partial charge in [-0.3, -0.25) is 4.79 Å². The molecule has 1 atom stereocenters. The maximum atomic E-state index is 12.1. The Bertz CT molecular complexity index is 585. The minimum absolute atomic E-state index is 0.0388. The molecule has 0 fully saturated rings. The molecule has 0 bridgehead atoms. The molecule has 6 nitrogen and oxygen atoms in total. The van der Waals surface area contributed by atoms with Crippen molar-refractivity contribution in [1.29, 1.82) is 0 Å². The zero-order valence-corrected chi connectivity index (χ0v) is 13.4. The second-order valence-corrected chi connectivity index (χ2v) is 6.96. The van der Waals surface area contributed by atoms with Gasteiger partial charge in [0, 0.05) is 6.54 Å². The highest BCUT2D eigenvalue weighted by molar-refractivity contribution is 7.89. The van der Waals surface area contributed by atoms with Crippen molar-refractivity contribution in [2.24, 2.45) is 11.7 Å². The molecule has 1 aromatic rings. The molecular formula is C14H23N3O3S. The summed E-state index contributed by atoms with van der Waals surface area (Å²) in [5.74, 6) is -0.102. The number of rotatable bonds is 7. The van der Waals surface area contributed by atoms with Crippen molar-refractivity contribution in [3.63, 3.8) is 0 Å². The summed E-state index contributed by atoms with van der Waals surface area (Å²) in [5, 5.41) is 2.60. The Kier molecular flexibility index (Phi) is 6.32. The Morgan fingerprint density at radius 3 is 2.48 bits per heavy atom. The average molecular weight is 313 g/mol. The van der Waals surface area contributed by atoms with E-state index in [1.807, 2.05) is 13.8 Å². The Hall–Kier alpha value is -1.44. The first-order chi connectivity index (χ1) is 9.77. The number of hydrogen-bond acceptors (Lipinski definition) is 4. The highest BCUT2D eigenvalue weighted by Gasteiger charge is 2.21. The summed E-state index contributed by atoms with van der Waals surface area (Å²) in [5.41, 5.74) is 6.05. The molecule has 0 heterocycles. The Morgan fingerprint density at radius 1 is 1.29 bits per heavy atom. The van der Waals surface area contributed by atoms with Crippen LogP contribution in [0.15, 0.2) is 29.2 Å². The summed E-state index contributed by atoms with van der Waals surface area (Å²) in [6.45, 7) is 5.90. The lowest BCUT2D eigenvalue weighted by molar-refractivity contribution is -0.117. The number of hydrogen-bond donors (Lipinski definition) is 3. The van der Waals surface area contributed by atoms with Gasteiger partial charge in [0.05, 0.1) is 11.7 Å². The quantitative estimate of drug-likeness (QED) is 0.706. The molecule has 1 rings (SSSR count). The van der Waals surface area contributed by atoms with Gasteiger partial charge in [0.2, 0.25) is 15.9 Å². The molecule has 118 valence electrons. The summed E-state index contributed by atoms with van der Waals surface area (Å²) >= 11 is 0. The van der Waals surface area contributed by atoms with Crippen LogP contribution < -0.4 is 15.8 Å². The number of anilines is 1. The summed E-state index contributed by atoms with van der Waals surface area (Å²) in [6.07, 6.45) is 0.536. The standard InChI is InChI=1S/C14H23N3O3S/c1-4-16-21(19,20)13-8-6-5-7-12(13)17-14(18)11(15)9-10(2)3/h5-8,10-11,16H,4,9,15H2,1-3H3,(H,17,18)/t11-/m0/s1. The Morgan fingerprint density at radius 2 is 1.90 bits per heavy atom. The molecule has 0 aliphatic carbocycles. The van der Waals surface area contributed by atoms with Crippen molar-refractivity contribution in [2.75, 3.05) is 11.9 Å². The molecular weight excluding hydrogens is 290 g/mol. The van der Waals surface area contributed by atoms with E-state index in [1.54, 1.807) is 25.1 Å². The van der Waals surface area contributed by atoms with Crippen LogP contribution in [0.2, 0.25) is 0 Å². The first-order valence-corrected chi connectivity index (χ1v) is 8.41. The monoisotopic (exact) mass is 313 g/mol. The molecule has 0 saturated heterocycles. The van der Waals surface area contributed by atoms with Crippen LogP contribution in [0.5, 0.6) is 0 Å². The largest absolute Gasteiger partial charge is 0.324 e. The van der Waals surface area contributed by atoms with Crippen molar-refractivity contribution in [2.45, 2.75) is 38.1 Å². The van der Waals surface area contributed by atoms with Gasteiger partial charge in [0.25, 0.3) is 0 Å². The van der Waals surface area contributed by atoms with Crippen molar-refractivity contribution in [3.05, 3.63) is 24.3 Å². The molecule has 1 aromatic carbocycles. The van der Waals surface area contributed by atoms with Gasteiger partial charge in [-0.2, -0.15) is 0 Å². The SMILES string of the molecule is CCNS(=O)(=O)c1ccccc1NC(=O)[C@@H](N)CC(C)C. The van der Waals surface area contributed by atoms with Gasteiger partial charge in [-0.1, -0.05) is 32.9 Å². The fraction of sp³-hybridized carbons (Fsp3) is 0.500. The first-order valence-electron chi connectivity index (χ1n) is 6.93. The van der Waals surface area contributed by atoms with E-state index in [-0.39, 0.29) is 29.0 Å². The first kappa shape index (κ1) is 17.6. The highest BCUT2D eigenvalue weighted by Crippen LogP contribution is 2.21. The van der Waals surface area contributed by atoms with Gasteiger partial charge in [-0.25, -0.2) is 13.1 Å². The van der Waals surface area contributed by atoms with E-state index in [0.717, 1.165) is 0 Å². The van der Waals surface area contributed by atoms with Crippen LogP contribution in [0.4, 0.5) is 5.69 Å². The van der Waals surface area contributed by atoms with Gasteiger partial charge in [-0.05, 0) is 24.5 Å². The lowest BCUT2D eigenvalue weighted by atomic mass is 10.0. The van der Waals surface area contributed by atoms with Crippen molar-refractivity contribution >= 4 is 21.6 Å². The van der Waals surface area contributed by atoms with Crippen LogP contribution in [-0.4, -0.2) is 26.9 Å². The summed E-state index contributed by atoms with van der Waals surface area (Å²) < 4.78 is 26.6. The molecule has 0 spiro atoms. The van der Waals surface area contributed by atoms with E-state index in [2.05, 4.69) is 10.0 Å². The minimum atomic E-state index is -3.64. The van der Waals surface area contributed by atoms with E-state index in [4.69, 9.17) is 5.73 Å². The Labute approximate surface area is 126 Å². The van der Waals surface area contributed by atoms with Gasteiger partial charge < -0.3 is 11.1 Å². The lowest BCUT2D eigenvalue weighted by Gasteiger charge is -2.16. The third-order valence-corrected chi connectivity index (χ3v) is 4.43. The van der Waals surface area contributed by atoms with Crippen LogP contribution in [-0.2, 0) is 14.8 Å². The Balaban J connectivity index is 2.97. The smallest absolute Gasteiger partial charge is 0.242 e. The van der Waals surface area contributed by atoms with Gasteiger partial charge >= 0.3 is 0 Å². The predicted octanol–water partition coefficient (Wildman–Crippen LogP) is 1.30. The maximum Gasteiger partial charge on any atom is 0.242 e. The fourth-order valence-corrected chi connectivity index (χ4v) is 3.11. The third-order valence-electron chi connectivity index (χ3n) is 2.83. The van der Waals surface area contributed by atoms with Crippen LogP contribution >= 0.6 is 0 Å². The third kappa shape index (κ3) is 5.11. The number of carbonyl (C=O) groups excluding carboxylic acids is 1. The number of nitrogens with two attached hydrogens (primary N) is 1. The summed E-state index contributed by atoms with van der Waals surface area (Å²) in [6, 6.07) is 5.59. The maximum absolute atomic E-state index is 12.1. The van der Waals surface area contributed by atoms with Crippen LogP contribution in [0.3, 0.4) is 0 Å². The molecule has 0 aliphatic rings. The van der Waals surface area contributed by atoms with Gasteiger partial charge in [-0.15, -0.1) is 0 Å². The van der Waals surface area contributed by atoms with Crippen LogP contribution in [0.25, 0.3) is 0 Å². The summed E-state index contributed by atoms with van der Waals surface area (Å²) in [7, 11) is -3.64.